The van der Waals surface area contributed by atoms with Crippen molar-refractivity contribution in [2.24, 2.45) is 0 Å². The van der Waals surface area contributed by atoms with E-state index in [1.807, 2.05) is 6.07 Å². The Morgan fingerprint density at radius 1 is 1.35 bits per heavy atom. The third-order valence-corrected chi connectivity index (χ3v) is 3.07. The molecule has 0 saturated heterocycles. The maximum Gasteiger partial charge on any atom is 0.141 e. The molecule has 1 heterocycles. The Balaban J connectivity index is 2.59. The monoisotopic (exact) mass is 295 g/mol. The Hall–Kier alpha value is -1.42. The van der Waals surface area contributed by atoms with E-state index >= 15 is 0 Å². The third kappa shape index (κ3) is 2.47. The van der Waals surface area contributed by atoms with Gasteiger partial charge in [-0.05, 0) is 17.7 Å². The van der Waals surface area contributed by atoms with Gasteiger partial charge in [0.25, 0.3) is 0 Å². The number of methoxy groups -OCH3 is 1. The molecule has 0 aliphatic heterocycles. The lowest BCUT2D eigenvalue weighted by Crippen LogP contribution is -1.94. The number of pyridine rings is 1. The average molecular weight is 296 g/mol. The summed E-state index contributed by atoms with van der Waals surface area (Å²) in [5.41, 5.74) is 2.64. The first-order valence-electron chi connectivity index (χ1n) is 5.09. The van der Waals surface area contributed by atoms with E-state index in [0.29, 0.717) is 11.1 Å². The lowest BCUT2D eigenvalue weighted by Gasteiger charge is -2.11. The summed E-state index contributed by atoms with van der Waals surface area (Å²) in [6.45, 7) is 0. The molecule has 0 saturated carbocycles. The van der Waals surface area contributed by atoms with Gasteiger partial charge in [-0.1, -0.05) is 28.1 Å². The molecule has 1 aromatic heterocycles. The van der Waals surface area contributed by atoms with Gasteiger partial charge in [0.15, 0.2) is 0 Å². The van der Waals surface area contributed by atoms with Gasteiger partial charge in [-0.15, -0.1) is 0 Å². The van der Waals surface area contributed by atoms with Crippen molar-refractivity contribution < 1.29 is 9.13 Å². The first-order valence-corrected chi connectivity index (χ1v) is 6.21. The van der Waals surface area contributed by atoms with Crippen LogP contribution < -0.4 is 4.74 Å². The van der Waals surface area contributed by atoms with Gasteiger partial charge < -0.3 is 4.74 Å². The van der Waals surface area contributed by atoms with Crippen LogP contribution in [-0.4, -0.2) is 12.1 Å². The van der Waals surface area contributed by atoms with Gasteiger partial charge in [0.05, 0.1) is 13.3 Å². The summed E-state index contributed by atoms with van der Waals surface area (Å²) in [6, 6.07) is 6.45. The number of alkyl halides is 1. The fraction of sp³-hybridized carbons (Fsp3) is 0.154. The van der Waals surface area contributed by atoms with Gasteiger partial charge >= 0.3 is 0 Å². The molecule has 4 heteroatoms. The number of hydrogen-bond donors (Lipinski definition) is 0. The van der Waals surface area contributed by atoms with E-state index in [-0.39, 0.29) is 5.82 Å². The van der Waals surface area contributed by atoms with Crippen LogP contribution in [0.4, 0.5) is 4.39 Å². The minimum Gasteiger partial charge on any atom is -0.495 e. The summed E-state index contributed by atoms with van der Waals surface area (Å²) in [6.07, 6.45) is 3.37. The number of ether oxygens (including phenoxy) is 1. The van der Waals surface area contributed by atoms with Crippen LogP contribution in [0.2, 0.25) is 0 Å². The molecule has 17 heavy (non-hydrogen) atoms. The van der Waals surface area contributed by atoms with Crippen LogP contribution in [0.3, 0.4) is 0 Å². The van der Waals surface area contributed by atoms with E-state index in [1.54, 1.807) is 25.6 Å². The van der Waals surface area contributed by atoms with Gasteiger partial charge in [0.2, 0.25) is 0 Å². The SMILES string of the molecule is COc1cncc(-c2cccc(F)c2)c1CBr. The molecular formula is C13H11BrFNO. The van der Waals surface area contributed by atoms with E-state index in [0.717, 1.165) is 16.7 Å². The molecule has 0 radical (unpaired) electrons. The van der Waals surface area contributed by atoms with E-state index in [1.165, 1.54) is 12.1 Å². The summed E-state index contributed by atoms with van der Waals surface area (Å²) >= 11 is 3.41. The van der Waals surface area contributed by atoms with Crippen molar-refractivity contribution in [1.29, 1.82) is 0 Å². The molecule has 0 aliphatic rings. The fourth-order valence-corrected chi connectivity index (χ4v) is 2.26. The zero-order valence-corrected chi connectivity index (χ0v) is 10.9. The van der Waals surface area contributed by atoms with Crippen LogP contribution >= 0.6 is 15.9 Å². The Kier molecular flexibility index (Phi) is 3.74. The molecule has 2 aromatic rings. The number of aromatic nitrogens is 1. The summed E-state index contributed by atoms with van der Waals surface area (Å²) < 4.78 is 18.4. The maximum absolute atomic E-state index is 13.2. The molecular weight excluding hydrogens is 285 g/mol. The van der Waals surface area contributed by atoms with E-state index in [4.69, 9.17) is 4.74 Å². The summed E-state index contributed by atoms with van der Waals surface area (Å²) in [5, 5.41) is 0.630. The van der Waals surface area contributed by atoms with Gasteiger partial charge in [-0.25, -0.2) is 4.39 Å². The van der Waals surface area contributed by atoms with Crippen molar-refractivity contribution in [3.05, 3.63) is 48.0 Å². The smallest absolute Gasteiger partial charge is 0.141 e. The van der Waals surface area contributed by atoms with Gasteiger partial charge in [-0.2, -0.15) is 0 Å². The van der Waals surface area contributed by atoms with Crippen LogP contribution in [0.15, 0.2) is 36.7 Å². The molecule has 0 atom stereocenters. The number of hydrogen-bond acceptors (Lipinski definition) is 2. The minimum absolute atomic E-state index is 0.258. The number of benzene rings is 1. The van der Waals surface area contributed by atoms with Crippen molar-refractivity contribution in [3.63, 3.8) is 0 Å². The second-order valence-electron chi connectivity index (χ2n) is 3.51. The lowest BCUT2D eigenvalue weighted by atomic mass is 10.0. The quantitative estimate of drug-likeness (QED) is 0.804. The molecule has 0 aliphatic carbocycles. The summed E-state index contributed by atoms with van der Waals surface area (Å²) in [5.74, 6) is 0.439. The van der Waals surface area contributed by atoms with Crippen molar-refractivity contribution >= 4 is 15.9 Å². The lowest BCUT2D eigenvalue weighted by molar-refractivity contribution is 0.410. The first-order chi connectivity index (χ1) is 8.26. The molecule has 0 unspecified atom stereocenters. The largest absolute Gasteiger partial charge is 0.495 e. The van der Waals surface area contributed by atoms with Crippen LogP contribution in [0.25, 0.3) is 11.1 Å². The zero-order valence-electron chi connectivity index (χ0n) is 9.28. The van der Waals surface area contributed by atoms with Gasteiger partial charge in [0.1, 0.15) is 11.6 Å². The topological polar surface area (TPSA) is 22.1 Å². The molecule has 0 amide bonds. The Bertz CT molecular complexity index is 531. The molecule has 0 bridgehead atoms. The fourth-order valence-electron chi connectivity index (χ4n) is 1.69. The summed E-state index contributed by atoms with van der Waals surface area (Å²) in [4.78, 5) is 4.10. The Labute approximate surface area is 108 Å². The highest BCUT2D eigenvalue weighted by Crippen LogP contribution is 2.31. The van der Waals surface area contributed by atoms with Gasteiger partial charge in [0, 0.05) is 22.7 Å². The maximum atomic E-state index is 13.2. The van der Waals surface area contributed by atoms with E-state index in [9.17, 15) is 4.39 Å². The van der Waals surface area contributed by atoms with Crippen molar-refractivity contribution in [2.45, 2.75) is 5.33 Å². The van der Waals surface area contributed by atoms with Crippen LogP contribution in [0, 0.1) is 5.82 Å². The minimum atomic E-state index is -0.258. The van der Waals surface area contributed by atoms with E-state index in [2.05, 4.69) is 20.9 Å². The molecule has 0 N–H and O–H groups in total. The van der Waals surface area contributed by atoms with Crippen molar-refractivity contribution in [3.8, 4) is 16.9 Å². The average Bonchev–Trinajstić information content (AvgIpc) is 2.37. The molecule has 2 rings (SSSR count). The highest BCUT2D eigenvalue weighted by atomic mass is 79.9. The second kappa shape index (κ2) is 5.27. The Morgan fingerprint density at radius 3 is 2.82 bits per heavy atom. The second-order valence-corrected chi connectivity index (χ2v) is 4.07. The Morgan fingerprint density at radius 2 is 2.18 bits per heavy atom. The standard InChI is InChI=1S/C13H11BrFNO/c1-17-13-8-16-7-12(11(13)6-14)9-3-2-4-10(15)5-9/h2-5,7-8H,6H2,1H3. The molecule has 1 aromatic carbocycles. The number of halogens is 2. The number of rotatable bonds is 3. The van der Waals surface area contributed by atoms with E-state index < -0.39 is 0 Å². The highest BCUT2D eigenvalue weighted by molar-refractivity contribution is 9.08. The summed E-state index contributed by atoms with van der Waals surface area (Å²) in [7, 11) is 1.60. The normalized spacial score (nSPS) is 10.3. The predicted molar refractivity (Wildman–Crippen MR) is 68.8 cm³/mol. The molecule has 0 spiro atoms. The van der Waals surface area contributed by atoms with Crippen LogP contribution in [-0.2, 0) is 5.33 Å². The number of nitrogens with zero attached hydrogens (tertiary/aromatic N) is 1. The first kappa shape index (κ1) is 12.0. The van der Waals surface area contributed by atoms with Crippen molar-refractivity contribution in [1.82, 2.24) is 4.98 Å². The van der Waals surface area contributed by atoms with Crippen molar-refractivity contribution in [2.75, 3.05) is 7.11 Å². The third-order valence-electron chi connectivity index (χ3n) is 2.51. The molecule has 2 nitrogen and oxygen atoms in total. The van der Waals surface area contributed by atoms with Crippen LogP contribution in [0.5, 0.6) is 5.75 Å². The molecule has 0 fully saturated rings. The zero-order chi connectivity index (χ0) is 12.3. The van der Waals surface area contributed by atoms with Crippen LogP contribution in [0.1, 0.15) is 5.56 Å². The molecule has 88 valence electrons. The predicted octanol–water partition coefficient (Wildman–Crippen LogP) is 3.79. The van der Waals surface area contributed by atoms with Gasteiger partial charge in [-0.3, -0.25) is 4.98 Å². The highest BCUT2D eigenvalue weighted by Gasteiger charge is 2.10.